The lowest BCUT2D eigenvalue weighted by Gasteiger charge is -2.35. The van der Waals surface area contributed by atoms with Gasteiger partial charge >= 0.3 is 0 Å². The summed E-state index contributed by atoms with van der Waals surface area (Å²) in [6, 6.07) is 7.11. The first kappa shape index (κ1) is 14.5. The molecule has 2 aromatic heterocycles. The Kier molecular flexibility index (Phi) is 4.56. The lowest BCUT2D eigenvalue weighted by molar-refractivity contribution is 0.629. The summed E-state index contributed by atoms with van der Waals surface area (Å²) < 4.78 is 0. The Hall–Kier alpha value is -1.39. The minimum Gasteiger partial charge on any atom is -0.364 e. The highest BCUT2D eigenvalue weighted by Crippen LogP contribution is 2.35. The number of nitrogens with one attached hydrogen (secondary N) is 1. The molecule has 1 aliphatic heterocycles. The SMILES string of the molecule is CCCNCc1cc(N2CCc3sccc3C2C)ccn1. The van der Waals surface area contributed by atoms with Gasteiger partial charge in [-0.2, -0.15) is 0 Å². The maximum atomic E-state index is 4.48. The Morgan fingerprint density at radius 1 is 1.43 bits per heavy atom. The van der Waals surface area contributed by atoms with E-state index in [2.05, 4.69) is 52.6 Å². The minimum absolute atomic E-state index is 0.457. The highest BCUT2D eigenvalue weighted by Gasteiger charge is 2.24. The summed E-state index contributed by atoms with van der Waals surface area (Å²) in [5.74, 6) is 0. The van der Waals surface area contributed by atoms with Crippen LogP contribution in [0.4, 0.5) is 5.69 Å². The number of pyridine rings is 1. The minimum atomic E-state index is 0.457. The summed E-state index contributed by atoms with van der Waals surface area (Å²) in [6.45, 7) is 7.49. The molecule has 112 valence electrons. The smallest absolute Gasteiger partial charge is 0.0562 e. The monoisotopic (exact) mass is 301 g/mol. The Morgan fingerprint density at radius 2 is 2.33 bits per heavy atom. The number of hydrogen-bond donors (Lipinski definition) is 1. The number of rotatable bonds is 5. The predicted octanol–water partition coefficient (Wildman–Crippen LogP) is 3.77. The van der Waals surface area contributed by atoms with Crippen LogP contribution in [0.3, 0.4) is 0 Å². The molecule has 1 N–H and O–H groups in total. The first-order chi connectivity index (χ1) is 10.3. The third-order valence-corrected chi connectivity index (χ3v) is 5.14. The van der Waals surface area contributed by atoms with Crippen LogP contribution in [0.5, 0.6) is 0 Å². The summed E-state index contributed by atoms with van der Waals surface area (Å²) in [5, 5.41) is 5.64. The second-order valence-electron chi connectivity index (χ2n) is 5.60. The molecule has 1 unspecified atom stereocenters. The fourth-order valence-corrected chi connectivity index (χ4v) is 3.96. The van der Waals surface area contributed by atoms with Crippen molar-refractivity contribution in [1.29, 1.82) is 0 Å². The molecule has 1 aliphatic rings. The van der Waals surface area contributed by atoms with E-state index in [4.69, 9.17) is 0 Å². The van der Waals surface area contributed by atoms with Gasteiger partial charge in [0.25, 0.3) is 0 Å². The van der Waals surface area contributed by atoms with Crippen molar-refractivity contribution in [2.75, 3.05) is 18.0 Å². The zero-order valence-corrected chi connectivity index (χ0v) is 13.6. The zero-order valence-electron chi connectivity index (χ0n) is 12.8. The van der Waals surface area contributed by atoms with Gasteiger partial charge in [-0.3, -0.25) is 4.98 Å². The van der Waals surface area contributed by atoms with Gasteiger partial charge < -0.3 is 10.2 Å². The average Bonchev–Trinajstić information content (AvgIpc) is 2.98. The van der Waals surface area contributed by atoms with Crippen LogP contribution < -0.4 is 10.2 Å². The van der Waals surface area contributed by atoms with Gasteiger partial charge in [0, 0.05) is 29.9 Å². The molecule has 0 amide bonds. The lowest BCUT2D eigenvalue weighted by atomic mass is 10.0. The molecule has 0 bridgehead atoms. The van der Waals surface area contributed by atoms with Gasteiger partial charge in [-0.15, -0.1) is 11.3 Å². The molecule has 3 nitrogen and oxygen atoms in total. The molecular formula is C17H23N3S. The number of fused-ring (bicyclic) bond motifs is 1. The van der Waals surface area contributed by atoms with Gasteiger partial charge in [0.05, 0.1) is 11.7 Å². The molecule has 0 aliphatic carbocycles. The van der Waals surface area contributed by atoms with E-state index in [-0.39, 0.29) is 0 Å². The Bertz CT molecular complexity index is 593. The number of thiophene rings is 1. The zero-order chi connectivity index (χ0) is 14.7. The largest absolute Gasteiger partial charge is 0.364 e. The summed E-state index contributed by atoms with van der Waals surface area (Å²) in [6.07, 6.45) is 4.25. The van der Waals surface area contributed by atoms with Gasteiger partial charge in [0.15, 0.2) is 0 Å². The first-order valence-electron chi connectivity index (χ1n) is 7.78. The molecule has 0 aromatic carbocycles. The van der Waals surface area contributed by atoms with E-state index < -0.39 is 0 Å². The van der Waals surface area contributed by atoms with Gasteiger partial charge in [-0.05, 0) is 55.5 Å². The molecule has 0 radical (unpaired) electrons. The summed E-state index contributed by atoms with van der Waals surface area (Å²) in [4.78, 5) is 8.53. The highest BCUT2D eigenvalue weighted by atomic mass is 32.1. The fourth-order valence-electron chi connectivity index (χ4n) is 3.00. The Balaban J connectivity index is 1.76. The normalized spacial score (nSPS) is 17.8. The molecule has 2 aromatic rings. The van der Waals surface area contributed by atoms with Crippen LogP contribution >= 0.6 is 11.3 Å². The van der Waals surface area contributed by atoms with Crippen molar-refractivity contribution in [3.63, 3.8) is 0 Å². The Morgan fingerprint density at radius 3 is 3.19 bits per heavy atom. The van der Waals surface area contributed by atoms with Crippen LogP contribution in [0, 0.1) is 0 Å². The fraction of sp³-hybridized carbons (Fsp3) is 0.471. The second kappa shape index (κ2) is 6.58. The third-order valence-electron chi connectivity index (χ3n) is 4.14. The summed E-state index contributed by atoms with van der Waals surface area (Å²) in [7, 11) is 0. The Labute approximate surface area is 131 Å². The molecule has 3 heterocycles. The van der Waals surface area contributed by atoms with Crippen LogP contribution in [-0.2, 0) is 13.0 Å². The third kappa shape index (κ3) is 3.11. The van der Waals surface area contributed by atoms with Crippen molar-refractivity contribution in [1.82, 2.24) is 10.3 Å². The first-order valence-corrected chi connectivity index (χ1v) is 8.66. The molecule has 1 atom stereocenters. The van der Waals surface area contributed by atoms with Crippen molar-refractivity contribution < 1.29 is 0 Å². The van der Waals surface area contributed by atoms with Crippen molar-refractivity contribution in [3.05, 3.63) is 45.9 Å². The van der Waals surface area contributed by atoms with Crippen LogP contribution in [0.25, 0.3) is 0 Å². The molecule has 21 heavy (non-hydrogen) atoms. The van der Waals surface area contributed by atoms with E-state index in [0.29, 0.717) is 6.04 Å². The standard InChI is InChI=1S/C17H23N3S/c1-3-7-18-12-14-11-15(4-8-19-14)20-9-5-17-16(13(20)2)6-10-21-17/h4,6,8,10-11,13,18H,3,5,7,9,12H2,1-2H3. The lowest BCUT2D eigenvalue weighted by Crippen LogP contribution is -2.33. The average molecular weight is 301 g/mol. The quantitative estimate of drug-likeness (QED) is 0.852. The number of aromatic nitrogens is 1. The van der Waals surface area contributed by atoms with E-state index in [9.17, 15) is 0 Å². The highest BCUT2D eigenvalue weighted by molar-refractivity contribution is 7.10. The predicted molar refractivity (Wildman–Crippen MR) is 90.0 cm³/mol. The molecule has 0 saturated carbocycles. The van der Waals surface area contributed by atoms with Crippen LogP contribution in [0.2, 0.25) is 0 Å². The van der Waals surface area contributed by atoms with Gasteiger partial charge in [0.2, 0.25) is 0 Å². The van der Waals surface area contributed by atoms with E-state index in [1.54, 1.807) is 4.88 Å². The van der Waals surface area contributed by atoms with Crippen molar-refractivity contribution in [3.8, 4) is 0 Å². The van der Waals surface area contributed by atoms with Gasteiger partial charge in [-0.1, -0.05) is 6.92 Å². The summed E-state index contributed by atoms with van der Waals surface area (Å²) >= 11 is 1.89. The van der Waals surface area contributed by atoms with Crippen LogP contribution in [-0.4, -0.2) is 18.1 Å². The molecule has 4 heteroatoms. The maximum absolute atomic E-state index is 4.48. The van der Waals surface area contributed by atoms with Gasteiger partial charge in [-0.25, -0.2) is 0 Å². The van der Waals surface area contributed by atoms with Crippen molar-refractivity contribution >= 4 is 17.0 Å². The second-order valence-corrected chi connectivity index (χ2v) is 6.60. The van der Waals surface area contributed by atoms with Crippen LogP contribution in [0.1, 0.15) is 42.4 Å². The maximum Gasteiger partial charge on any atom is 0.0562 e. The summed E-state index contributed by atoms with van der Waals surface area (Å²) in [5.41, 5.74) is 3.92. The number of nitrogens with zero attached hydrogens (tertiary/aromatic N) is 2. The van der Waals surface area contributed by atoms with Crippen molar-refractivity contribution in [2.24, 2.45) is 0 Å². The molecule has 0 fully saturated rings. The van der Waals surface area contributed by atoms with E-state index in [1.165, 1.54) is 11.3 Å². The van der Waals surface area contributed by atoms with E-state index in [1.807, 2.05) is 17.5 Å². The number of hydrogen-bond acceptors (Lipinski definition) is 4. The molecule has 0 spiro atoms. The molecular weight excluding hydrogens is 278 g/mol. The van der Waals surface area contributed by atoms with Gasteiger partial charge in [0.1, 0.15) is 0 Å². The molecule has 3 rings (SSSR count). The molecule has 0 saturated heterocycles. The van der Waals surface area contributed by atoms with E-state index in [0.717, 1.165) is 38.2 Å². The number of anilines is 1. The van der Waals surface area contributed by atoms with Crippen molar-refractivity contribution in [2.45, 2.75) is 39.3 Å². The topological polar surface area (TPSA) is 28.2 Å². The van der Waals surface area contributed by atoms with E-state index >= 15 is 0 Å². The van der Waals surface area contributed by atoms with Crippen LogP contribution in [0.15, 0.2) is 29.8 Å².